The van der Waals surface area contributed by atoms with E-state index in [1.54, 1.807) is 36.4 Å². The number of halogens is 2. The summed E-state index contributed by atoms with van der Waals surface area (Å²) in [5.41, 5.74) is -0.941. The zero-order valence-electron chi connectivity index (χ0n) is 17.9. The smallest absolute Gasteiger partial charge is 0.325 e. The Morgan fingerprint density at radius 2 is 1.91 bits per heavy atom. The maximum Gasteiger partial charge on any atom is 0.325 e. The second-order valence-electron chi connectivity index (χ2n) is 8.22. The molecule has 3 N–H and O–H groups in total. The molecule has 34 heavy (non-hydrogen) atoms. The molecule has 0 fully saturated rings. The van der Waals surface area contributed by atoms with Gasteiger partial charge in [0.25, 0.3) is 0 Å². The van der Waals surface area contributed by atoms with Crippen LogP contribution in [-0.2, 0) is 17.4 Å². The number of H-pyrrole nitrogens is 1. The summed E-state index contributed by atoms with van der Waals surface area (Å²) in [6.45, 7) is 0. The van der Waals surface area contributed by atoms with Crippen LogP contribution in [0.25, 0.3) is 10.9 Å². The lowest BCUT2D eigenvalue weighted by molar-refractivity contribution is 0.0922. The van der Waals surface area contributed by atoms with E-state index in [1.807, 2.05) is 0 Å². The highest BCUT2D eigenvalue weighted by Gasteiger charge is 2.39. The van der Waals surface area contributed by atoms with Crippen LogP contribution in [0.3, 0.4) is 0 Å². The van der Waals surface area contributed by atoms with Crippen molar-refractivity contribution in [1.82, 2.24) is 4.98 Å². The molecule has 176 valence electrons. The number of hydrogen-bond acceptors (Lipinski definition) is 4. The molecule has 0 bridgehead atoms. The molecule has 1 aliphatic heterocycles. The van der Waals surface area contributed by atoms with Gasteiger partial charge in [0.15, 0.2) is 11.2 Å². The van der Waals surface area contributed by atoms with E-state index in [0.717, 1.165) is 5.56 Å². The van der Waals surface area contributed by atoms with E-state index in [9.17, 15) is 18.5 Å². The number of allylic oxidation sites excluding steroid dienone is 1. The number of Topliss-reactive ketones (excluding diaryl/α,β-unsaturated/α-hetero) is 1. The Balaban J connectivity index is 1.70. The van der Waals surface area contributed by atoms with E-state index in [1.165, 1.54) is 24.5 Å². The Labute approximate surface area is 199 Å². The van der Waals surface area contributed by atoms with Crippen molar-refractivity contribution in [3.8, 4) is 0 Å². The van der Waals surface area contributed by atoms with Crippen LogP contribution in [0.4, 0.5) is 4.39 Å². The summed E-state index contributed by atoms with van der Waals surface area (Å²) in [5.74, 6) is -1.21. The molecular formula is C24H21ClFN2O5P. The molecule has 1 aliphatic rings. The molecule has 0 saturated heterocycles. The van der Waals surface area contributed by atoms with E-state index < -0.39 is 30.2 Å². The highest BCUT2D eigenvalue weighted by atomic mass is 35.5. The highest BCUT2D eigenvalue weighted by molar-refractivity contribution is 7.51. The van der Waals surface area contributed by atoms with Crippen molar-refractivity contribution in [3.63, 3.8) is 0 Å². The largest absolute Gasteiger partial charge is 0.358 e. The lowest BCUT2D eigenvalue weighted by Crippen LogP contribution is -2.38. The molecule has 0 spiro atoms. The van der Waals surface area contributed by atoms with Gasteiger partial charge in [-0.2, -0.15) is 0 Å². The molecule has 2 heterocycles. The second-order valence-corrected chi connectivity index (χ2v) is 10.4. The Morgan fingerprint density at radius 3 is 2.56 bits per heavy atom. The molecule has 1 atom stereocenters. The van der Waals surface area contributed by atoms with Crippen molar-refractivity contribution in [1.29, 1.82) is 0 Å². The summed E-state index contributed by atoms with van der Waals surface area (Å²) in [7, 11) is -4.18. The van der Waals surface area contributed by atoms with Crippen LogP contribution in [-0.4, -0.2) is 38.5 Å². The third-order valence-electron chi connectivity index (χ3n) is 5.70. The van der Waals surface area contributed by atoms with Crippen molar-refractivity contribution < 1.29 is 23.5 Å². The highest BCUT2D eigenvalue weighted by Crippen LogP contribution is 2.35. The van der Waals surface area contributed by atoms with Gasteiger partial charge >= 0.3 is 7.60 Å². The van der Waals surface area contributed by atoms with Crippen LogP contribution in [0.2, 0.25) is 5.02 Å². The SMILES string of the molecule is O=C(c1c[nH]c2c(F)cc(CCCP(=O)(O)O)cc2c1=O)C1(Cc2ccc(Cl)cc2)C=CC=N1. The van der Waals surface area contributed by atoms with Gasteiger partial charge in [-0.25, -0.2) is 4.39 Å². The molecule has 0 saturated carbocycles. The van der Waals surface area contributed by atoms with E-state index in [0.29, 0.717) is 10.6 Å². The first kappa shape index (κ1) is 24.2. The van der Waals surface area contributed by atoms with Gasteiger partial charge in [-0.15, -0.1) is 0 Å². The first-order valence-corrected chi connectivity index (χ1v) is 12.7. The summed E-state index contributed by atoms with van der Waals surface area (Å²) in [4.78, 5) is 52.0. The van der Waals surface area contributed by atoms with Crippen molar-refractivity contribution >= 4 is 42.1 Å². The van der Waals surface area contributed by atoms with Gasteiger partial charge in [-0.05, 0) is 60.4 Å². The van der Waals surface area contributed by atoms with Crippen LogP contribution in [0, 0.1) is 5.82 Å². The van der Waals surface area contributed by atoms with Crippen LogP contribution in [0.5, 0.6) is 0 Å². The number of rotatable bonds is 8. The van der Waals surface area contributed by atoms with Crippen molar-refractivity contribution in [2.75, 3.05) is 6.16 Å². The third kappa shape index (κ3) is 5.10. The van der Waals surface area contributed by atoms with Crippen LogP contribution in [0.1, 0.15) is 27.9 Å². The number of aryl methyl sites for hydroxylation is 1. The van der Waals surface area contributed by atoms with E-state index in [4.69, 9.17) is 21.4 Å². The van der Waals surface area contributed by atoms with Gasteiger partial charge in [0.1, 0.15) is 11.4 Å². The van der Waals surface area contributed by atoms with Crippen molar-refractivity contribution in [3.05, 3.63) is 92.5 Å². The number of ketones is 1. The van der Waals surface area contributed by atoms with Gasteiger partial charge in [0, 0.05) is 29.2 Å². The lowest BCUT2D eigenvalue weighted by Gasteiger charge is -2.23. The predicted molar refractivity (Wildman–Crippen MR) is 130 cm³/mol. The number of carbonyl (C=O) groups is 1. The molecule has 0 radical (unpaired) electrons. The zero-order chi connectivity index (χ0) is 24.5. The fourth-order valence-corrected chi connectivity index (χ4v) is 4.73. The number of benzene rings is 2. The summed E-state index contributed by atoms with van der Waals surface area (Å²) in [6, 6.07) is 9.64. The Morgan fingerprint density at radius 1 is 1.18 bits per heavy atom. The van der Waals surface area contributed by atoms with E-state index >= 15 is 0 Å². The molecule has 3 aromatic rings. The van der Waals surface area contributed by atoms with Crippen LogP contribution >= 0.6 is 19.2 Å². The lowest BCUT2D eigenvalue weighted by atomic mass is 9.84. The van der Waals surface area contributed by atoms with E-state index in [2.05, 4.69) is 9.98 Å². The average Bonchev–Trinajstić information content (AvgIpc) is 3.24. The maximum absolute atomic E-state index is 14.7. The number of aromatic nitrogens is 1. The number of pyridine rings is 1. The Kier molecular flexibility index (Phi) is 6.69. The van der Waals surface area contributed by atoms with Gasteiger partial charge in [-0.1, -0.05) is 23.7 Å². The van der Waals surface area contributed by atoms with Crippen molar-refractivity contribution in [2.24, 2.45) is 4.99 Å². The van der Waals surface area contributed by atoms with Gasteiger partial charge in [0.05, 0.1) is 17.2 Å². The first-order valence-electron chi connectivity index (χ1n) is 10.5. The minimum atomic E-state index is -4.18. The number of nitrogens with one attached hydrogen (secondary N) is 1. The standard InChI is InChI=1S/C24H21ClFN2O5P/c25-17-6-4-15(5-7-17)13-24(8-2-9-28-24)23(30)19-14-27-21-18(22(19)29)11-16(12-20(21)26)3-1-10-34(31,32)33/h2,4-9,11-12,14H,1,3,10,13H2,(H,27,29)(H2,31,32,33). The fourth-order valence-electron chi connectivity index (χ4n) is 4.03. The van der Waals surface area contributed by atoms with Gasteiger partial charge < -0.3 is 14.8 Å². The molecule has 1 unspecified atom stereocenters. The fraction of sp³-hybridized carbons (Fsp3) is 0.208. The average molecular weight is 503 g/mol. The minimum Gasteiger partial charge on any atom is -0.358 e. The maximum atomic E-state index is 14.7. The van der Waals surface area contributed by atoms with Gasteiger partial charge in [-0.3, -0.25) is 19.1 Å². The topological polar surface area (TPSA) is 120 Å². The van der Waals surface area contributed by atoms with Crippen LogP contribution in [0.15, 0.2) is 64.5 Å². The number of carbonyl (C=O) groups excluding carboxylic acids is 1. The molecule has 1 aromatic heterocycles. The summed E-state index contributed by atoms with van der Waals surface area (Å²) in [6.07, 6.45) is 6.13. The minimum absolute atomic E-state index is 0.00960. The molecule has 7 nitrogen and oxygen atoms in total. The second kappa shape index (κ2) is 9.39. The Bertz CT molecular complexity index is 1410. The van der Waals surface area contributed by atoms with Gasteiger partial charge in [0.2, 0.25) is 0 Å². The van der Waals surface area contributed by atoms with Crippen LogP contribution < -0.4 is 5.43 Å². The summed E-state index contributed by atoms with van der Waals surface area (Å²) < 4.78 is 25.7. The first-order chi connectivity index (χ1) is 16.1. The molecule has 2 aromatic carbocycles. The van der Waals surface area contributed by atoms with Crippen molar-refractivity contribution in [2.45, 2.75) is 24.8 Å². The quantitative estimate of drug-likeness (QED) is 0.314. The Hall–Kier alpha value is -2.90. The number of nitrogens with zero attached hydrogens (tertiary/aromatic N) is 1. The molecule has 4 rings (SSSR count). The molecule has 0 aliphatic carbocycles. The summed E-state index contributed by atoms with van der Waals surface area (Å²) in [5, 5.41) is 0.545. The third-order valence-corrected chi connectivity index (χ3v) is 6.85. The number of aliphatic imine (C=N–C) groups is 1. The van der Waals surface area contributed by atoms with E-state index in [-0.39, 0.29) is 41.9 Å². The number of fused-ring (bicyclic) bond motifs is 1. The number of aromatic amines is 1. The normalized spacial score (nSPS) is 17.5. The monoisotopic (exact) mass is 502 g/mol. The zero-order valence-corrected chi connectivity index (χ0v) is 19.5. The molecule has 10 heteroatoms. The predicted octanol–water partition coefficient (Wildman–Crippen LogP) is 4.24. The summed E-state index contributed by atoms with van der Waals surface area (Å²) >= 11 is 5.95. The molecular weight excluding hydrogens is 482 g/mol. The number of hydrogen-bond donors (Lipinski definition) is 3. The molecule has 0 amide bonds.